The summed E-state index contributed by atoms with van der Waals surface area (Å²) in [7, 11) is 5.72. The summed E-state index contributed by atoms with van der Waals surface area (Å²) >= 11 is 0. The molecule has 1 atom stereocenters. The van der Waals surface area contributed by atoms with E-state index in [4.69, 9.17) is 9.73 Å². The third-order valence-electron chi connectivity index (χ3n) is 5.59. The van der Waals surface area contributed by atoms with Crippen LogP contribution in [-0.4, -0.2) is 63.2 Å². The molecule has 1 unspecified atom stereocenters. The molecule has 1 aromatic heterocycles. The van der Waals surface area contributed by atoms with Gasteiger partial charge in [-0.05, 0) is 56.6 Å². The van der Waals surface area contributed by atoms with Crippen molar-refractivity contribution in [1.29, 1.82) is 0 Å². The number of likely N-dealkylation sites (tertiary alicyclic amines) is 1. The Labute approximate surface area is 209 Å². The highest BCUT2D eigenvalue weighted by Gasteiger charge is 2.23. The van der Waals surface area contributed by atoms with Crippen LogP contribution in [0.2, 0.25) is 0 Å². The van der Waals surface area contributed by atoms with Crippen molar-refractivity contribution in [1.82, 2.24) is 20.5 Å². The van der Waals surface area contributed by atoms with Crippen LogP contribution in [0.15, 0.2) is 47.6 Å². The van der Waals surface area contributed by atoms with Crippen molar-refractivity contribution < 1.29 is 4.74 Å². The Bertz CT molecular complexity index is 837. The third-order valence-corrected chi connectivity index (χ3v) is 5.59. The summed E-state index contributed by atoms with van der Waals surface area (Å²) < 4.78 is 5.34. The number of guanidine groups is 1. The average Bonchev–Trinajstić information content (AvgIpc) is 3.32. The van der Waals surface area contributed by atoms with E-state index < -0.39 is 0 Å². The molecule has 7 nitrogen and oxygen atoms in total. The second-order valence-corrected chi connectivity index (χ2v) is 7.99. The molecule has 0 aliphatic carbocycles. The number of aliphatic imine (C=N–C) groups is 1. The number of hydrogen-bond donors (Lipinski definition) is 2. The zero-order valence-corrected chi connectivity index (χ0v) is 22.0. The molecule has 8 heteroatoms. The number of hydrogen-bond acceptors (Lipinski definition) is 5. The molecule has 1 saturated heterocycles. The largest absolute Gasteiger partial charge is 0.497 e. The van der Waals surface area contributed by atoms with Gasteiger partial charge in [-0.15, -0.1) is 24.0 Å². The number of halogens is 1. The predicted molar refractivity (Wildman–Crippen MR) is 143 cm³/mol. The van der Waals surface area contributed by atoms with E-state index in [1.54, 1.807) is 7.11 Å². The van der Waals surface area contributed by atoms with Gasteiger partial charge in [0.05, 0.1) is 19.7 Å². The molecule has 2 heterocycles. The molecular weight excluding hydrogens is 515 g/mol. The Balaban J connectivity index is 0.00000363. The monoisotopic (exact) mass is 552 g/mol. The first-order valence-corrected chi connectivity index (χ1v) is 11.1. The van der Waals surface area contributed by atoms with Gasteiger partial charge in [-0.25, -0.2) is 9.98 Å². The number of methoxy groups -OCH3 is 1. The summed E-state index contributed by atoms with van der Waals surface area (Å²) in [5, 5.41) is 6.96. The fourth-order valence-corrected chi connectivity index (χ4v) is 3.99. The van der Waals surface area contributed by atoms with Crippen molar-refractivity contribution in [2.75, 3.05) is 52.3 Å². The van der Waals surface area contributed by atoms with E-state index in [1.165, 1.54) is 18.4 Å². The highest BCUT2D eigenvalue weighted by atomic mass is 127. The van der Waals surface area contributed by atoms with Gasteiger partial charge in [-0.1, -0.05) is 18.2 Å². The van der Waals surface area contributed by atoms with Crippen LogP contribution in [0, 0.1) is 0 Å². The van der Waals surface area contributed by atoms with Crippen molar-refractivity contribution in [3.05, 3.63) is 53.7 Å². The highest BCUT2D eigenvalue weighted by molar-refractivity contribution is 14.0. The fraction of sp³-hybridized carbons (Fsp3) is 0.500. The Morgan fingerprint density at radius 2 is 1.88 bits per heavy atom. The summed E-state index contributed by atoms with van der Waals surface area (Å²) in [6.45, 7) is 6.55. The van der Waals surface area contributed by atoms with Crippen LogP contribution in [0.5, 0.6) is 5.75 Å². The predicted octanol–water partition coefficient (Wildman–Crippen LogP) is 3.67. The zero-order valence-electron chi connectivity index (χ0n) is 19.7. The van der Waals surface area contributed by atoms with Gasteiger partial charge in [0.25, 0.3) is 0 Å². The number of ether oxygens (including phenoxy) is 1. The van der Waals surface area contributed by atoms with Crippen molar-refractivity contribution >= 4 is 35.8 Å². The second kappa shape index (κ2) is 13.5. The first-order valence-electron chi connectivity index (χ1n) is 11.1. The van der Waals surface area contributed by atoms with Gasteiger partial charge in [-0.2, -0.15) is 0 Å². The second-order valence-electron chi connectivity index (χ2n) is 7.99. The lowest BCUT2D eigenvalue weighted by atomic mass is 10.1. The molecule has 0 radical (unpaired) electrons. The smallest absolute Gasteiger partial charge is 0.191 e. The Morgan fingerprint density at radius 1 is 1.16 bits per heavy atom. The summed E-state index contributed by atoms with van der Waals surface area (Å²) in [6, 6.07) is 12.8. The molecule has 176 valence electrons. The summed E-state index contributed by atoms with van der Waals surface area (Å²) in [5.74, 6) is 2.67. The minimum absolute atomic E-state index is 0. The number of rotatable bonds is 9. The topological polar surface area (TPSA) is 65.0 Å². The van der Waals surface area contributed by atoms with Gasteiger partial charge >= 0.3 is 0 Å². The Kier molecular flexibility index (Phi) is 11.0. The molecule has 32 heavy (non-hydrogen) atoms. The maximum atomic E-state index is 5.34. The number of nitrogens with one attached hydrogen (secondary N) is 2. The van der Waals surface area contributed by atoms with Gasteiger partial charge in [-0.3, -0.25) is 4.90 Å². The van der Waals surface area contributed by atoms with E-state index in [0.29, 0.717) is 12.6 Å². The van der Waals surface area contributed by atoms with E-state index in [-0.39, 0.29) is 24.0 Å². The zero-order chi connectivity index (χ0) is 22.1. The average molecular weight is 553 g/mol. The Hall–Kier alpha value is -2.07. The van der Waals surface area contributed by atoms with Crippen molar-refractivity contribution in [2.24, 2.45) is 4.99 Å². The number of benzene rings is 1. The van der Waals surface area contributed by atoms with Crippen LogP contribution in [0.25, 0.3) is 0 Å². The minimum atomic E-state index is 0. The van der Waals surface area contributed by atoms with Gasteiger partial charge < -0.3 is 20.3 Å². The molecule has 2 aromatic rings. The lowest BCUT2D eigenvalue weighted by Crippen LogP contribution is -2.42. The molecule has 0 spiro atoms. The van der Waals surface area contributed by atoms with Gasteiger partial charge in [0, 0.05) is 38.9 Å². The SMILES string of the molecule is CCNC(=NCc1cccnc1N(C)C)NCC(c1ccc(OC)cc1)N1CCCC1.I. The number of nitrogens with zero attached hydrogens (tertiary/aromatic N) is 4. The molecular formula is C24H37IN6O. The number of aromatic nitrogens is 1. The van der Waals surface area contributed by atoms with Crippen LogP contribution in [0.1, 0.15) is 36.9 Å². The maximum absolute atomic E-state index is 5.34. The standard InChI is InChI=1S/C24H36N6O.HI/c1-5-25-24(27-17-20-9-8-14-26-23(20)29(2)3)28-18-22(30-15-6-7-16-30)19-10-12-21(31-4)13-11-19;/h8-14,22H,5-7,15-18H2,1-4H3,(H2,25,27,28);1H. The normalized spacial score (nSPS) is 15.1. The van der Waals surface area contributed by atoms with Crippen LogP contribution < -0.4 is 20.3 Å². The highest BCUT2D eigenvalue weighted by Crippen LogP contribution is 2.26. The van der Waals surface area contributed by atoms with Crippen molar-refractivity contribution in [2.45, 2.75) is 32.4 Å². The van der Waals surface area contributed by atoms with E-state index in [2.05, 4.69) is 45.6 Å². The van der Waals surface area contributed by atoms with Gasteiger partial charge in [0.1, 0.15) is 11.6 Å². The quantitative estimate of drug-likeness (QED) is 0.281. The van der Waals surface area contributed by atoms with E-state index in [9.17, 15) is 0 Å². The molecule has 1 aliphatic heterocycles. The molecule has 0 saturated carbocycles. The molecule has 1 aromatic carbocycles. The molecule has 1 fully saturated rings. The van der Waals surface area contributed by atoms with E-state index in [1.807, 2.05) is 43.4 Å². The molecule has 2 N–H and O–H groups in total. The van der Waals surface area contributed by atoms with E-state index in [0.717, 1.165) is 49.3 Å². The first kappa shape index (κ1) is 26.2. The van der Waals surface area contributed by atoms with Crippen LogP contribution in [-0.2, 0) is 6.54 Å². The summed E-state index contributed by atoms with van der Waals surface area (Å²) in [6.07, 6.45) is 4.34. The molecule has 3 rings (SSSR count). The maximum Gasteiger partial charge on any atom is 0.191 e. The summed E-state index contributed by atoms with van der Waals surface area (Å²) in [5.41, 5.74) is 2.41. The van der Waals surface area contributed by atoms with Gasteiger partial charge in [0.2, 0.25) is 0 Å². The lowest BCUT2D eigenvalue weighted by molar-refractivity contribution is 0.245. The number of anilines is 1. The van der Waals surface area contributed by atoms with Gasteiger partial charge in [0.15, 0.2) is 5.96 Å². The molecule has 0 bridgehead atoms. The lowest BCUT2D eigenvalue weighted by Gasteiger charge is -2.29. The number of pyridine rings is 1. The van der Waals surface area contributed by atoms with Crippen LogP contribution in [0.4, 0.5) is 5.82 Å². The summed E-state index contributed by atoms with van der Waals surface area (Å²) in [4.78, 5) is 13.9. The van der Waals surface area contributed by atoms with Crippen molar-refractivity contribution in [3.8, 4) is 5.75 Å². The Morgan fingerprint density at radius 3 is 2.50 bits per heavy atom. The third kappa shape index (κ3) is 7.23. The van der Waals surface area contributed by atoms with Crippen LogP contribution >= 0.6 is 24.0 Å². The molecule has 0 amide bonds. The van der Waals surface area contributed by atoms with Crippen LogP contribution in [0.3, 0.4) is 0 Å². The molecule has 1 aliphatic rings. The van der Waals surface area contributed by atoms with E-state index >= 15 is 0 Å². The minimum Gasteiger partial charge on any atom is -0.497 e. The first-order chi connectivity index (χ1) is 15.1. The fourth-order valence-electron chi connectivity index (χ4n) is 3.99. The van der Waals surface area contributed by atoms with Crippen molar-refractivity contribution in [3.63, 3.8) is 0 Å².